The molecule has 41 heteroatoms. The molecule has 7 aliphatic heterocycles. The van der Waals surface area contributed by atoms with Gasteiger partial charge in [-0.3, -0.25) is 9.59 Å². The Morgan fingerprint density at radius 2 is 0.867 bits per heavy atom. The lowest BCUT2D eigenvalue weighted by atomic mass is 9.88. The Morgan fingerprint density at radius 3 is 1.36 bits per heavy atom. The van der Waals surface area contributed by atoms with E-state index in [1.807, 2.05) is 0 Å². The summed E-state index contributed by atoms with van der Waals surface area (Å²) < 4.78 is 74.0. The van der Waals surface area contributed by atoms with Crippen LogP contribution in [0.15, 0.2) is 0 Å². The lowest BCUT2D eigenvalue weighted by Gasteiger charge is -2.51. The summed E-state index contributed by atoms with van der Waals surface area (Å²) in [6, 6.07) is -3.57. The third-order valence-electron chi connectivity index (χ3n) is 16.3. The fourth-order valence-corrected chi connectivity index (χ4v) is 11.4. The van der Waals surface area contributed by atoms with Gasteiger partial charge in [0, 0.05) is 20.3 Å². The second kappa shape index (κ2) is 31.7. The largest absolute Gasteiger partial charge is 0.477 e. The molecule has 0 aromatic carbocycles. The molecule has 7 aliphatic rings. The summed E-state index contributed by atoms with van der Waals surface area (Å²) >= 11 is 0. The van der Waals surface area contributed by atoms with E-state index in [0.717, 1.165) is 13.8 Å². The second-order valence-corrected chi connectivity index (χ2v) is 22.5. The highest BCUT2D eigenvalue weighted by molar-refractivity contribution is 5.76. The van der Waals surface area contributed by atoms with Crippen LogP contribution >= 0.6 is 0 Å². The van der Waals surface area contributed by atoms with Gasteiger partial charge >= 0.3 is 5.97 Å². The van der Waals surface area contributed by atoms with Crippen molar-refractivity contribution in [1.82, 2.24) is 10.6 Å². The van der Waals surface area contributed by atoms with Crippen molar-refractivity contribution >= 4 is 17.8 Å². The summed E-state index contributed by atoms with van der Waals surface area (Å²) in [5, 5.41) is 253. The summed E-state index contributed by atoms with van der Waals surface area (Å²) in [6.45, 7) is -5.66. The van der Waals surface area contributed by atoms with Gasteiger partial charge in [0.2, 0.25) is 11.8 Å². The quantitative estimate of drug-likeness (QED) is 0.0427. The van der Waals surface area contributed by atoms with E-state index in [2.05, 4.69) is 10.6 Å². The zero-order valence-corrected chi connectivity index (χ0v) is 47.7. The molecule has 7 fully saturated rings. The van der Waals surface area contributed by atoms with Gasteiger partial charge in [-0.25, -0.2) is 4.79 Å². The number of carboxylic acids is 1. The third-order valence-corrected chi connectivity index (χ3v) is 16.3. The average molecular weight is 1320 g/mol. The topological polar surface area (TPSA) is 661 Å². The van der Waals surface area contributed by atoms with Crippen LogP contribution in [-0.4, -0.2) is 402 Å². The van der Waals surface area contributed by atoms with Crippen molar-refractivity contribution in [3.8, 4) is 0 Å². The van der Waals surface area contributed by atoms with Gasteiger partial charge in [0.1, 0.15) is 165 Å². The lowest BCUT2D eigenvalue weighted by Crippen LogP contribution is -2.71. The van der Waals surface area contributed by atoms with E-state index >= 15 is 0 Å². The molecule has 522 valence electrons. The molecular weight excluding hydrogens is 1240 g/mol. The molecule has 25 N–H and O–H groups in total. The summed E-state index contributed by atoms with van der Waals surface area (Å²) in [7, 11) is 0. The molecule has 2 amide bonds. The first-order valence-corrected chi connectivity index (χ1v) is 28.3. The zero-order valence-electron chi connectivity index (χ0n) is 47.7. The predicted molar refractivity (Wildman–Crippen MR) is 272 cm³/mol. The van der Waals surface area contributed by atoms with Crippen LogP contribution in [0.3, 0.4) is 0 Å². The molecular formula is C49H82N2O39. The molecule has 36 atom stereocenters. The summed E-state index contributed by atoms with van der Waals surface area (Å²) in [5.74, 6) is -7.11. The van der Waals surface area contributed by atoms with Gasteiger partial charge in [-0.05, 0) is 0 Å². The van der Waals surface area contributed by atoms with E-state index in [-0.39, 0.29) is 0 Å². The molecule has 7 saturated heterocycles. The van der Waals surface area contributed by atoms with Crippen LogP contribution in [0.2, 0.25) is 0 Å². The maximum atomic E-state index is 13.1. The molecule has 0 aromatic rings. The number of rotatable bonds is 24. The molecule has 0 bridgehead atoms. The Labute approximate surface area is 508 Å². The van der Waals surface area contributed by atoms with E-state index in [1.165, 1.54) is 0 Å². The Morgan fingerprint density at radius 1 is 0.456 bits per heavy atom. The first-order valence-electron chi connectivity index (χ1n) is 28.3. The van der Waals surface area contributed by atoms with Gasteiger partial charge in [0.05, 0.1) is 58.4 Å². The number of nitrogens with one attached hydrogen (secondary N) is 2. The Kier molecular flexibility index (Phi) is 26.2. The van der Waals surface area contributed by atoms with Crippen molar-refractivity contribution in [2.45, 2.75) is 241 Å². The Balaban J connectivity index is 1.14. The number of hydrogen-bond donors (Lipinski definition) is 25. The third kappa shape index (κ3) is 15.8. The first-order chi connectivity index (χ1) is 42.4. The molecule has 0 spiro atoms. The van der Waals surface area contributed by atoms with Crippen LogP contribution in [0.1, 0.15) is 20.3 Å². The summed E-state index contributed by atoms with van der Waals surface area (Å²) in [4.78, 5) is 38.0. The maximum Gasteiger partial charge on any atom is 0.364 e. The zero-order chi connectivity index (χ0) is 66.7. The normalized spacial score (nSPS) is 48.5. The number of carboxylic acid groups (broad SMARTS) is 1. The van der Waals surface area contributed by atoms with Gasteiger partial charge in [-0.2, -0.15) is 0 Å². The van der Waals surface area contributed by atoms with Gasteiger partial charge in [-0.1, -0.05) is 0 Å². The standard InChI is InChI=1S/C49H82N2O39/c1-11(58)50-21-13(60)3-49(48(76)77,89-38(21)23(62)14(61)4-52)90-41-26(65)17(7-55)82-47(35(41)74)85-36-19(9-57)83-43(22(28(36)67)51-12(2)59)78-10-20-27(66)40(34(73)46(84-20)86-37-18(8-56)79-42(75)31(70)30(37)69)88-45-33(72)39(25(64)16(6-54)81-45)87-44-32(71)29(68)24(63)15(5-53)80-44/h13-47,52-57,60-75H,3-10H2,1-2H3,(H,50,58)(H,51,59)(H,76,77)/t13-,14+,15+,16+,17+,18+,19+,20+,21+,22+,23+,24-,25-,26-,27-,28+,29-,30+,31+,32+,33+,34+,35+,36+,37+,38+,39-,40-,41-,42?,43+,44-,45-,46-,47-,49-/m0/s1. The number of aliphatic carboxylic acids is 1. The second-order valence-electron chi connectivity index (χ2n) is 22.5. The fourth-order valence-electron chi connectivity index (χ4n) is 11.4. The van der Waals surface area contributed by atoms with Crippen molar-refractivity contribution in [2.24, 2.45) is 0 Å². The molecule has 0 radical (unpaired) electrons. The highest BCUT2D eigenvalue weighted by atomic mass is 16.8. The molecule has 90 heavy (non-hydrogen) atoms. The minimum absolute atomic E-state index is 0.843. The number of carbonyl (C=O) groups excluding carboxylic acids is 2. The van der Waals surface area contributed by atoms with Crippen molar-refractivity contribution in [2.75, 3.05) is 46.2 Å². The van der Waals surface area contributed by atoms with Crippen molar-refractivity contribution in [3.63, 3.8) is 0 Å². The van der Waals surface area contributed by atoms with Crippen molar-refractivity contribution in [1.29, 1.82) is 0 Å². The van der Waals surface area contributed by atoms with Gasteiger partial charge in [-0.15, -0.1) is 0 Å². The van der Waals surface area contributed by atoms with Crippen LogP contribution < -0.4 is 10.6 Å². The van der Waals surface area contributed by atoms with E-state index in [0.29, 0.717) is 0 Å². The number of aliphatic hydroxyl groups excluding tert-OH is 22. The fraction of sp³-hybridized carbons (Fsp3) is 0.939. The molecule has 7 rings (SSSR count). The highest BCUT2D eigenvalue weighted by Gasteiger charge is 2.62. The summed E-state index contributed by atoms with van der Waals surface area (Å²) in [6.07, 6.45) is -70.0. The van der Waals surface area contributed by atoms with Crippen LogP contribution in [0, 0.1) is 0 Å². The van der Waals surface area contributed by atoms with Crippen LogP contribution in [-0.2, 0) is 76.0 Å². The average Bonchev–Trinajstić information content (AvgIpc) is 0.790. The minimum Gasteiger partial charge on any atom is -0.477 e. The molecule has 0 aromatic heterocycles. The number of carbonyl (C=O) groups is 3. The number of ether oxygens (including phenoxy) is 13. The number of aliphatic hydroxyl groups is 22. The smallest absolute Gasteiger partial charge is 0.364 e. The minimum atomic E-state index is -3.23. The van der Waals surface area contributed by atoms with E-state index < -0.39 is 291 Å². The molecule has 0 aliphatic carbocycles. The van der Waals surface area contributed by atoms with Gasteiger partial charge in [0.15, 0.2) is 37.7 Å². The summed E-state index contributed by atoms with van der Waals surface area (Å²) in [5.41, 5.74) is 0. The van der Waals surface area contributed by atoms with Gasteiger partial charge in [0.25, 0.3) is 5.79 Å². The van der Waals surface area contributed by atoms with Crippen LogP contribution in [0.5, 0.6) is 0 Å². The number of amides is 2. The maximum absolute atomic E-state index is 13.1. The molecule has 1 unspecified atom stereocenters. The van der Waals surface area contributed by atoms with E-state index in [4.69, 9.17) is 61.6 Å². The monoisotopic (exact) mass is 1320 g/mol. The highest BCUT2D eigenvalue weighted by Crippen LogP contribution is 2.40. The Hall–Kier alpha value is -2.99. The van der Waals surface area contributed by atoms with E-state index in [9.17, 15) is 132 Å². The Bertz CT molecular complexity index is 2290. The SMILES string of the molecule is CC(=O)N[C@H]1[C@H](OC[C@H]2O[C@@H](O[C@H]3[C@H](O)[C@@H](O)C(O)O[C@@H]3CO)[C@H](O)[C@@H](O[C@@H]3O[C@H](CO)[C@H](O)[C@H](O[C@@H]4O[C@H](CO)[C@H](O)[C@H](O)[C@H]4O)[C@H]3O)[C@H]2O)O[C@H](CO)[C@@H](O[C@@H]2O[C@H](CO)[C@H](O)[C@H](O[C@]3(C(=O)O)C[C@H](O)[C@@H](NC(C)=O)[C@H]([C@H](O)[C@H](O)CO)O3)[C@H]2O)[C@@H]1O. The lowest BCUT2D eigenvalue weighted by molar-refractivity contribution is -0.393. The molecule has 41 nitrogen and oxygen atoms in total. The number of hydrogen-bond acceptors (Lipinski definition) is 38. The van der Waals surface area contributed by atoms with Crippen LogP contribution in [0.4, 0.5) is 0 Å². The van der Waals surface area contributed by atoms with Crippen molar-refractivity contribution < 1.29 is 193 Å². The molecule has 0 saturated carbocycles. The van der Waals surface area contributed by atoms with Gasteiger partial charge < -0.3 is 190 Å². The first kappa shape index (κ1) is 74.4. The van der Waals surface area contributed by atoms with Crippen LogP contribution in [0.25, 0.3) is 0 Å². The molecule has 7 heterocycles. The van der Waals surface area contributed by atoms with E-state index in [1.54, 1.807) is 0 Å². The van der Waals surface area contributed by atoms with Crippen molar-refractivity contribution in [3.05, 3.63) is 0 Å². The predicted octanol–water partition coefficient (Wildman–Crippen LogP) is -16.8.